The average molecular weight is 336 g/mol. The third-order valence-corrected chi connectivity index (χ3v) is 3.79. The lowest BCUT2D eigenvalue weighted by molar-refractivity contribution is 0.0995. The van der Waals surface area contributed by atoms with Crippen molar-refractivity contribution in [2.45, 2.75) is 56.2 Å². The number of carbonyl (C=O) groups excluding carboxylic acids is 1. The fourth-order valence-corrected chi connectivity index (χ4v) is 2.31. The highest BCUT2D eigenvalue weighted by Crippen LogP contribution is 2.33. The molecule has 0 heterocycles. The van der Waals surface area contributed by atoms with Crippen molar-refractivity contribution in [1.82, 2.24) is 0 Å². The maximum absolute atomic E-state index is 12.2. The van der Waals surface area contributed by atoms with Crippen LogP contribution in [0.25, 0.3) is 0 Å². The van der Waals surface area contributed by atoms with Crippen LogP contribution in [0.4, 0.5) is 0 Å². The molecule has 0 fully saturated rings. The van der Waals surface area contributed by atoms with Crippen molar-refractivity contribution in [2.24, 2.45) is 0 Å². The molecule has 1 rings (SSSR count). The second-order valence-electron chi connectivity index (χ2n) is 6.05. The Hall–Kier alpha value is -0.240. The summed E-state index contributed by atoms with van der Waals surface area (Å²) in [6.45, 7) is 8.54. The molecule has 0 bridgehead atoms. The molecule has 1 nitrogen and oxygen atoms in total. The fraction of sp³-hybridized carbons (Fsp3) is 0.562. The first-order valence-electron chi connectivity index (χ1n) is 6.82. The number of halogens is 3. The van der Waals surface area contributed by atoms with Gasteiger partial charge in [-0.1, -0.05) is 87.1 Å². The molecule has 0 radical (unpaired) electrons. The number of carbonyl (C=O) groups is 1. The van der Waals surface area contributed by atoms with E-state index < -0.39 is 9.58 Å². The molecule has 0 saturated carbocycles. The van der Waals surface area contributed by atoms with Gasteiger partial charge < -0.3 is 0 Å². The minimum Gasteiger partial charge on any atom is -0.289 e. The van der Waals surface area contributed by atoms with Gasteiger partial charge in [0.1, 0.15) is 0 Å². The molecule has 112 valence electrons. The molecule has 1 aromatic rings. The highest BCUT2D eigenvalue weighted by Gasteiger charge is 2.33. The summed E-state index contributed by atoms with van der Waals surface area (Å²) in [7, 11) is 0. The van der Waals surface area contributed by atoms with Gasteiger partial charge in [-0.2, -0.15) is 0 Å². The molecule has 20 heavy (non-hydrogen) atoms. The van der Waals surface area contributed by atoms with Crippen molar-refractivity contribution in [2.75, 3.05) is 0 Å². The topological polar surface area (TPSA) is 17.1 Å². The summed E-state index contributed by atoms with van der Waals surface area (Å²) in [6, 6.07) is 5.80. The molecular formula is C16H21Cl3O. The van der Waals surface area contributed by atoms with Gasteiger partial charge in [-0.15, -0.1) is 0 Å². The molecule has 0 aliphatic carbocycles. The predicted molar refractivity (Wildman–Crippen MR) is 88.4 cm³/mol. The molecule has 0 aromatic heterocycles. The largest absolute Gasteiger partial charge is 0.289 e. The lowest BCUT2D eigenvalue weighted by atomic mass is 9.84. The van der Waals surface area contributed by atoms with Crippen molar-refractivity contribution >= 4 is 40.6 Å². The van der Waals surface area contributed by atoms with Crippen LogP contribution < -0.4 is 0 Å². The van der Waals surface area contributed by atoms with Crippen LogP contribution in [0, 0.1) is 0 Å². The summed E-state index contributed by atoms with van der Waals surface area (Å²) in [5.41, 5.74) is 2.70. The Kier molecular flexibility index (Phi) is 5.95. The molecule has 0 saturated heterocycles. The summed E-state index contributed by atoms with van der Waals surface area (Å²) in [4.78, 5) is 12.2. The van der Waals surface area contributed by atoms with E-state index in [-0.39, 0.29) is 5.41 Å². The highest BCUT2D eigenvalue weighted by molar-refractivity contribution is 6.77. The normalized spacial score (nSPS) is 12.6. The molecule has 0 unspecified atom stereocenters. The summed E-state index contributed by atoms with van der Waals surface area (Å²) in [5.74, 6) is -0.450. The zero-order chi connectivity index (χ0) is 15.6. The first kappa shape index (κ1) is 17.8. The monoisotopic (exact) mass is 334 g/mol. The quantitative estimate of drug-likeness (QED) is 0.496. The number of ketones is 1. The third kappa shape index (κ3) is 4.65. The number of aryl methyl sites for hydroxylation is 1. The Morgan fingerprint density at radius 1 is 1.15 bits per heavy atom. The first-order valence-corrected chi connectivity index (χ1v) is 7.95. The molecule has 0 aliphatic heterocycles. The number of alkyl halides is 3. The van der Waals surface area contributed by atoms with Crippen LogP contribution >= 0.6 is 34.8 Å². The van der Waals surface area contributed by atoms with Crippen molar-refractivity contribution in [3.63, 3.8) is 0 Å². The Morgan fingerprint density at radius 3 is 2.20 bits per heavy atom. The van der Waals surface area contributed by atoms with E-state index in [1.165, 1.54) is 5.56 Å². The van der Waals surface area contributed by atoms with Crippen LogP contribution in [-0.2, 0) is 11.8 Å². The standard InChI is InChI=1S/C16H21Cl3O/c1-5-6-7-11-10-12(15(2,3)4)8-9-13(11)14(20)16(17,18)19/h8-10H,5-7H2,1-4H3. The summed E-state index contributed by atoms with van der Waals surface area (Å²) < 4.78 is -1.90. The van der Waals surface area contributed by atoms with Crippen molar-refractivity contribution < 1.29 is 4.79 Å². The van der Waals surface area contributed by atoms with Gasteiger partial charge in [0, 0.05) is 5.56 Å². The number of hydrogen-bond donors (Lipinski definition) is 0. The SMILES string of the molecule is CCCCc1cc(C(C)(C)C)ccc1C(=O)C(Cl)(Cl)Cl. The predicted octanol–water partition coefficient (Wildman–Crippen LogP) is 5.88. The van der Waals surface area contributed by atoms with Crippen LogP contribution in [-0.4, -0.2) is 9.58 Å². The van der Waals surface area contributed by atoms with Gasteiger partial charge in [-0.3, -0.25) is 4.79 Å². The van der Waals surface area contributed by atoms with E-state index in [0.29, 0.717) is 5.56 Å². The van der Waals surface area contributed by atoms with E-state index in [1.54, 1.807) is 6.07 Å². The summed E-state index contributed by atoms with van der Waals surface area (Å²) in [5, 5.41) is 0. The van der Waals surface area contributed by atoms with Gasteiger partial charge in [0.05, 0.1) is 0 Å². The second-order valence-corrected chi connectivity index (χ2v) is 8.33. The average Bonchev–Trinajstić information content (AvgIpc) is 2.32. The molecule has 0 aliphatic rings. The van der Waals surface area contributed by atoms with E-state index in [0.717, 1.165) is 24.8 Å². The van der Waals surface area contributed by atoms with Crippen LogP contribution in [0.2, 0.25) is 0 Å². The Labute approximate surface area is 136 Å². The van der Waals surface area contributed by atoms with Crippen LogP contribution in [0.15, 0.2) is 18.2 Å². The Balaban J connectivity index is 3.27. The van der Waals surface area contributed by atoms with Crippen LogP contribution in [0.3, 0.4) is 0 Å². The Bertz CT molecular complexity index is 481. The molecule has 0 atom stereocenters. The van der Waals surface area contributed by atoms with E-state index in [4.69, 9.17) is 34.8 Å². The van der Waals surface area contributed by atoms with E-state index in [2.05, 4.69) is 33.8 Å². The van der Waals surface area contributed by atoms with Crippen molar-refractivity contribution in [3.8, 4) is 0 Å². The van der Waals surface area contributed by atoms with E-state index in [1.807, 2.05) is 6.07 Å². The van der Waals surface area contributed by atoms with Crippen LogP contribution in [0.1, 0.15) is 62.0 Å². The minimum absolute atomic E-state index is 0.0303. The smallest absolute Gasteiger partial charge is 0.253 e. The Morgan fingerprint density at radius 2 is 1.75 bits per heavy atom. The lowest BCUT2D eigenvalue weighted by Gasteiger charge is -2.22. The minimum atomic E-state index is -1.90. The van der Waals surface area contributed by atoms with Gasteiger partial charge in [0.15, 0.2) is 0 Å². The maximum Gasteiger partial charge on any atom is 0.253 e. The van der Waals surface area contributed by atoms with Gasteiger partial charge in [0.2, 0.25) is 5.78 Å². The zero-order valence-electron chi connectivity index (χ0n) is 12.4. The number of Topliss-reactive ketones (excluding diaryl/α,β-unsaturated/α-hetero) is 1. The fourth-order valence-electron chi connectivity index (χ4n) is 2.01. The van der Waals surface area contributed by atoms with Gasteiger partial charge in [-0.05, 0) is 29.4 Å². The van der Waals surface area contributed by atoms with Gasteiger partial charge in [0.25, 0.3) is 3.79 Å². The number of unbranched alkanes of at least 4 members (excludes halogenated alkanes) is 1. The molecule has 1 aromatic carbocycles. The molecule has 0 amide bonds. The second kappa shape index (κ2) is 6.68. The highest BCUT2D eigenvalue weighted by atomic mass is 35.6. The number of benzene rings is 1. The molecule has 4 heteroatoms. The number of hydrogen-bond acceptors (Lipinski definition) is 1. The zero-order valence-corrected chi connectivity index (χ0v) is 14.7. The molecule has 0 spiro atoms. The summed E-state index contributed by atoms with van der Waals surface area (Å²) >= 11 is 17.2. The third-order valence-electron chi connectivity index (χ3n) is 3.27. The first-order chi connectivity index (χ1) is 9.07. The van der Waals surface area contributed by atoms with Crippen molar-refractivity contribution in [1.29, 1.82) is 0 Å². The van der Waals surface area contributed by atoms with E-state index >= 15 is 0 Å². The number of rotatable bonds is 4. The van der Waals surface area contributed by atoms with Crippen LogP contribution in [0.5, 0.6) is 0 Å². The maximum atomic E-state index is 12.2. The molecular weight excluding hydrogens is 315 g/mol. The van der Waals surface area contributed by atoms with Gasteiger partial charge >= 0.3 is 0 Å². The van der Waals surface area contributed by atoms with Gasteiger partial charge in [-0.25, -0.2) is 0 Å². The van der Waals surface area contributed by atoms with E-state index in [9.17, 15) is 4.79 Å². The lowest BCUT2D eigenvalue weighted by Crippen LogP contribution is -2.21. The van der Waals surface area contributed by atoms with Crippen molar-refractivity contribution in [3.05, 3.63) is 34.9 Å². The summed E-state index contributed by atoms with van der Waals surface area (Å²) in [6.07, 6.45) is 2.89. The molecule has 0 N–H and O–H groups in total.